The lowest BCUT2D eigenvalue weighted by Gasteiger charge is -2.18. The van der Waals surface area contributed by atoms with Gasteiger partial charge in [-0.25, -0.2) is 9.97 Å². The number of halogens is 2. The third-order valence-electron chi connectivity index (χ3n) is 2.51. The molecule has 1 aliphatic heterocycles. The molecular formula is C12H8Cl2N2O2. The van der Waals surface area contributed by atoms with Crippen molar-refractivity contribution in [1.29, 1.82) is 0 Å². The first-order valence-electron chi connectivity index (χ1n) is 5.32. The van der Waals surface area contributed by atoms with Crippen molar-refractivity contribution in [3.63, 3.8) is 0 Å². The number of ether oxygens (including phenoxy) is 2. The van der Waals surface area contributed by atoms with E-state index in [-0.39, 0.29) is 5.28 Å². The number of nitrogens with zero attached hydrogens (tertiary/aromatic N) is 2. The Hall–Kier alpha value is -1.52. The summed E-state index contributed by atoms with van der Waals surface area (Å²) in [4.78, 5) is 7.94. The topological polar surface area (TPSA) is 44.2 Å². The molecule has 0 spiro atoms. The molecule has 1 aliphatic rings. The quantitative estimate of drug-likeness (QED) is 0.595. The maximum Gasteiger partial charge on any atom is 0.224 e. The van der Waals surface area contributed by atoms with Crippen molar-refractivity contribution in [1.82, 2.24) is 9.97 Å². The zero-order valence-electron chi connectivity index (χ0n) is 9.19. The van der Waals surface area contributed by atoms with E-state index >= 15 is 0 Å². The first-order chi connectivity index (χ1) is 8.72. The summed E-state index contributed by atoms with van der Waals surface area (Å²) in [6.45, 7) is 1.11. The summed E-state index contributed by atoms with van der Waals surface area (Å²) < 4.78 is 11.0. The van der Waals surface area contributed by atoms with E-state index in [0.29, 0.717) is 29.8 Å². The van der Waals surface area contributed by atoms with Gasteiger partial charge in [0.1, 0.15) is 18.4 Å². The molecule has 0 N–H and O–H groups in total. The van der Waals surface area contributed by atoms with Crippen molar-refractivity contribution in [3.8, 4) is 22.8 Å². The minimum absolute atomic E-state index is 0.118. The first kappa shape index (κ1) is 11.6. The lowest BCUT2D eigenvalue weighted by Crippen LogP contribution is -2.15. The smallest absolute Gasteiger partial charge is 0.224 e. The van der Waals surface area contributed by atoms with Crippen LogP contribution < -0.4 is 9.47 Å². The van der Waals surface area contributed by atoms with Gasteiger partial charge < -0.3 is 9.47 Å². The fourth-order valence-corrected chi connectivity index (χ4v) is 2.15. The van der Waals surface area contributed by atoms with E-state index in [0.717, 1.165) is 11.3 Å². The fourth-order valence-electron chi connectivity index (χ4n) is 1.74. The molecule has 0 radical (unpaired) electrons. The number of fused-ring (bicyclic) bond motifs is 1. The Morgan fingerprint density at radius 3 is 2.50 bits per heavy atom. The van der Waals surface area contributed by atoms with E-state index in [2.05, 4.69) is 9.97 Å². The summed E-state index contributed by atoms with van der Waals surface area (Å²) in [5, 5.41) is 0.423. The lowest BCUT2D eigenvalue weighted by atomic mass is 10.1. The molecule has 92 valence electrons. The van der Waals surface area contributed by atoms with Crippen LogP contribution in [0.15, 0.2) is 24.3 Å². The third-order valence-corrected chi connectivity index (χ3v) is 2.87. The van der Waals surface area contributed by atoms with E-state index < -0.39 is 0 Å². The van der Waals surface area contributed by atoms with E-state index in [9.17, 15) is 0 Å². The van der Waals surface area contributed by atoms with Crippen LogP contribution in [0, 0.1) is 0 Å². The van der Waals surface area contributed by atoms with Crippen molar-refractivity contribution in [2.45, 2.75) is 0 Å². The minimum atomic E-state index is 0.118. The lowest BCUT2D eigenvalue weighted by molar-refractivity contribution is 0.171. The Morgan fingerprint density at radius 2 is 1.72 bits per heavy atom. The molecule has 1 aromatic carbocycles. The number of benzene rings is 1. The van der Waals surface area contributed by atoms with Crippen molar-refractivity contribution in [2.75, 3.05) is 13.2 Å². The standard InChI is InChI=1S/C12H8Cl2N2O2/c13-11-6-8(15-12(14)16-11)7-1-2-9-10(5-7)18-4-3-17-9/h1-2,5-6H,3-4H2. The molecule has 4 nitrogen and oxygen atoms in total. The summed E-state index contributed by atoms with van der Waals surface area (Å²) in [6, 6.07) is 7.22. The first-order valence-corrected chi connectivity index (χ1v) is 6.08. The van der Waals surface area contributed by atoms with Gasteiger partial charge in [-0.1, -0.05) is 11.6 Å². The van der Waals surface area contributed by atoms with E-state index in [4.69, 9.17) is 32.7 Å². The Bertz CT molecular complexity index is 584. The average molecular weight is 283 g/mol. The highest BCUT2D eigenvalue weighted by atomic mass is 35.5. The highest BCUT2D eigenvalue weighted by Crippen LogP contribution is 2.34. The summed E-state index contributed by atoms with van der Waals surface area (Å²) in [5.41, 5.74) is 1.50. The van der Waals surface area contributed by atoms with E-state index in [1.807, 2.05) is 18.2 Å². The largest absolute Gasteiger partial charge is 0.486 e. The van der Waals surface area contributed by atoms with Crippen LogP contribution in [0.5, 0.6) is 11.5 Å². The normalized spacial score (nSPS) is 13.4. The van der Waals surface area contributed by atoms with Crippen LogP contribution in [-0.4, -0.2) is 23.2 Å². The van der Waals surface area contributed by atoms with Gasteiger partial charge in [0.05, 0.1) is 5.69 Å². The van der Waals surface area contributed by atoms with Crippen LogP contribution >= 0.6 is 23.2 Å². The molecular weight excluding hydrogens is 275 g/mol. The molecule has 0 atom stereocenters. The predicted molar refractivity (Wildman–Crippen MR) is 68.5 cm³/mol. The molecule has 2 aromatic rings. The summed E-state index contributed by atoms with van der Waals surface area (Å²) in [7, 11) is 0. The zero-order chi connectivity index (χ0) is 12.5. The van der Waals surface area contributed by atoms with Crippen molar-refractivity contribution in [3.05, 3.63) is 34.7 Å². The van der Waals surface area contributed by atoms with Gasteiger partial charge in [0.2, 0.25) is 5.28 Å². The molecule has 0 saturated heterocycles. The van der Waals surface area contributed by atoms with Gasteiger partial charge >= 0.3 is 0 Å². The van der Waals surface area contributed by atoms with Crippen molar-refractivity contribution in [2.24, 2.45) is 0 Å². The average Bonchev–Trinajstić information content (AvgIpc) is 2.37. The highest BCUT2D eigenvalue weighted by Gasteiger charge is 2.13. The van der Waals surface area contributed by atoms with Crippen LogP contribution in [0.3, 0.4) is 0 Å². The Balaban J connectivity index is 2.06. The molecule has 1 aromatic heterocycles. The Kier molecular flexibility index (Phi) is 2.97. The number of hydrogen-bond acceptors (Lipinski definition) is 4. The Labute approximate surface area is 113 Å². The molecule has 0 aliphatic carbocycles. The maximum absolute atomic E-state index is 5.85. The molecule has 0 saturated carbocycles. The van der Waals surface area contributed by atoms with Crippen LogP contribution in [0.1, 0.15) is 0 Å². The molecule has 0 amide bonds. The predicted octanol–water partition coefficient (Wildman–Crippen LogP) is 3.22. The fraction of sp³-hybridized carbons (Fsp3) is 0.167. The van der Waals surface area contributed by atoms with Gasteiger partial charge in [-0.3, -0.25) is 0 Å². The summed E-state index contributed by atoms with van der Waals surface area (Å²) in [5.74, 6) is 1.43. The molecule has 0 unspecified atom stereocenters. The molecule has 3 rings (SSSR count). The minimum Gasteiger partial charge on any atom is -0.486 e. The van der Waals surface area contributed by atoms with Gasteiger partial charge in [0.15, 0.2) is 11.5 Å². The van der Waals surface area contributed by atoms with Crippen LogP contribution in [0.25, 0.3) is 11.3 Å². The molecule has 6 heteroatoms. The van der Waals surface area contributed by atoms with Crippen molar-refractivity contribution < 1.29 is 9.47 Å². The van der Waals surface area contributed by atoms with Gasteiger partial charge in [0, 0.05) is 11.6 Å². The zero-order valence-corrected chi connectivity index (χ0v) is 10.7. The molecule has 2 heterocycles. The SMILES string of the molecule is Clc1cc(-c2ccc3c(c2)OCCO3)nc(Cl)n1. The maximum atomic E-state index is 5.85. The number of rotatable bonds is 1. The van der Waals surface area contributed by atoms with Crippen LogP contribution in [0.2, 0.25) is 10.4 Å². The van der Waals surface area contributed by atoms with Gasteiger partial charge in [-0.2, -0.15) is 0 Å². The van der Waals surface area contributed by atoms with Gasteiger partial charge in [-0.15, -0.1) is 0 Å². The molecule has 0 fully saturated rings. The number of hydrogen-bond donors (Lipinski definition) is 0. The number of aromatic nitrogens is 2. The third kappa shape index (κ3) is 2.21. The van der Waals surface area contributed by atoms with Crippen LogP contribution in [0.4, 0.5) is 0 Å². The van der Waals surface area contributed by atoms with Crippen molar-refractivity contribution >= 4 is 23.2 Å². The monoisotopic (exact) mass is 282 g/mol. The summed E-state index contributed by atoms with van der Waals surface area (Å²) in [6.07, 6.45) is 0. The molecule has 0 bridgehead atoms. The Morgan fingerprint density at radius 1 is 0.944 bits per heavy atom. The van der Waals surface area contributed by atoms with Crippen LogP contribution in [-0.2, 0) is 0 Å². The van der Waals surface area contributed by atoms with E-state index in [1.54, 1.807) is 6.07 Å². The second kappa shape index (κ2) is 4.63. The second-order valence-electron chi connectivity index (χ2n) is 3.70. The summed E-state index contributed by atoms with van der Waals surface area (Å²) >= 11 is 11.6. The van der Waals surface area contributed by atoms with Gasteiger partial charge in [0.25, 0.3) is 0 Å². The second-order valence-corrected chi connectivity index (χ2v) is 4.43. The highest BCUT2D eigenvalue weighted by molar-refractivity contribution is 6.32. The van der Waals surface area contributed by atoms with E-state index in [1.165, 1.54) is 0 Å². The molecule has 18 heavy (non-hydrogen) atoms. The van der Waals surface area contributed by atoms with Gasteiger partial charge in [-0.05, 0) is 29.8 Å².